The maximum atomic E-state index is 5.78. The van der Waals surface area contributed by atoms with Crippen LogP contribution in [0.4, 0.5) is 0 Å². The van der Waals surface area contributed by atoms with E-state index in [1.165, 1.54) is 0 Å². The van der Waals surface area contributed by atoms with Crippen LogP contribution in [-0.4, -0.2) is 14.3 Å². The first-order chi connectivity index (χ1) is 6.50. The molecule has 0 bridgehead atoms. The van der Waals surface area contributed by atoms with E-state index in [2.05, 4.69) is 10.3 Å². The monoisotopic (exact) mass is 272 g/mol. The van der Waals surface area contributed by atoms with E-state index in [1.807, 2.05) is 12.1 Å². The molecule has 6 heteroatoms. The van der Waals surface area contributed by atoms with Crippen LogP contribution in [0.2, 0.25) is 0 Å². The molecule has 0 saturated carbocycles. The highest BCUT2D eigenvalue weighted by atomic mass is 35.6. The molecule has 0 fully saturated rings. The molecule has 78 valence electrons. The SMILES string of the molecule is ClC(NCc1ccncc1)C(Cl)(Cl)Cl. The summed E-state index contributed by atoms with van der Waals surface area (Å²) in [5.74, 6) is 0. The summed E-state index contributed by atoms with van der Waals surface area (Å²) in [6, 6.07) is 3.71. The molecule has 2 nitrogen and oxygen atoms in total. The van der Waals surface area contributed by atoms with Crippen molar-refractivity contribution in [2.24, 2.45) is 0 Å². The smallest absolute Gasteiger partial charge is 0.219 e. The number of hydrogen-bond donors (Lipinski definition) is 1. The van der Waals surface area contributed by atoms with Crippen molar-refractivity contribution in [3.63, 3.8) is 0 Å². The van der Waals surface area contributed by atoms with Crippen LogP contribution in [0.5, 0.6) is 0 Å². The molecule has 1 rings (SSSR count). The minimum Gasteiger partial charge on any atom is -0.294 e. The fourth-order valence-corrected chi connectivity index (χ4v) is 1.13. The van der Waals surface area contributed by atoms with Gasteiger partial charge in [-0.25, -0.2) is 0 Å². The highest BCUT2D eigenvalue weighted by molar-refractivity contribution is 6.70. The van der Waals surface area contributed by atoms with E-state index in [9.17, 15) is 0 Å². The molecule has 1 atom stereocenters. The minimum atomic E-state index is -1.51. The van der Waals surface area contributed by atoms with Gasteiger partial charge in [-0.1, -0.05) is 34.8 Å². The molecule has 1 unspecified atom stereocenters. The lowest BCUT2D eigenvalue weighted by Crippen LogP contribution is -2.34. The number of aromatic nitrogens is 1. The molecule has 0 amide bonds. The fourth-order valence-electron chi connectivity index (χ4n) is 0.824. The van der Waals surface area contributed by atoms with Crippen molar-refractivity contribution in [1.29, 1.82) is 0 Å². The average molecular weight is 274 g/mol. The summed E-state index contributed by atoms with van der Waals surface area (Å²) in [5, 5.41) is 2.88. The zero-order chi connectivity index (χ0) is 10.6. The van der Waals surface area contributed by atoms with Crippen LogP contribution in [0, 0.1) is 0 Å². The summed E-state index contributed by atoms with van der Waals surface area (Å²) < 4.78 is -1.51. The molecule has 0 aliphatic heterocycles. The lowest BCUT2D eigenvalue weighted by Gasteiger charge is -2.19. The van der Waals surface area contributed by atoms with E-state index in [0.717, 1.165) is 5.56 Å². The summed E-state index contributed by atoms with van der Waals surface area (Å²) in [7, 11) is 0. The number of rotatable bonds is 3. The lowest BCUT2D eigenvalue weighted by molar-refractivity contribution is 0.648. The summed E-state index contributed by atoms with van der Waals surface area (Å²) in [5.41, 5.74) is 0.306. The second-order valence-electron chi connectivity index (χ2n) is 2.64. The minimum absolute atomic E-state index is 0.532. The number of nitrogens with zero attached hydrogens (tertiary/aromatic N) is 1. The Kier molecular flexibility index (Phi) is 4.74. The fraction of sp³-hybridized carbons (Fsp3) is 0.375. The Morgan fingerprint density at radius 2 is 1.86 bits per heavy atom. The van der Waals surface area contributed by atoms with Crippen molar-refractivity contribution >= 4 is 46.4 Å². The number of nitrogens with one attached hydrogen (secondary N) is 1. The van der Waals surface area contributed by atoms with Gasteiger partial charge in [0.05, 0.1) is 0 Å². The first-order valence-corrected chi connectivity index (χ1v) is 5.40. The summed E-state index contributed by atoms with van der Waals surface area (Å²) in [6.45, 7) is 0.532. The van der Waals surface area contributed by atoms with Crippen LogP contribution in [0.3, 0.4) is 0 Å². The third-order valence-electron chi connectivity index (χ3n) is 1.52. The number of hydrogen-bond acceptors (Lipinski definition) is 2. The molecular weight excluding hydrogens is 266 g/mol. The quantitative estimate of drug-likeness (QED) is 0.676. The van der Waals surface area contributed by atoms with Gasteiger partial charge in [-0.15, -0.1) is 11.6 Å². The third-order valence-corrected chi connectivity index (χ3v) is 2.99. The maximum Gasteiger partial charge on any atom is 0.219 e. The van der Waals surface area contributed by atoms with E-state index in [4.69, 9.17) is 46.4 Å². The Hall–Kier alpha value is 0.270. The first-order valence-electron chi connectivity index (χ1n) is 3.83. The van der Waals surface area contributed by atoms with E-state index >= 15 is 0 Å². The molecule has 0 saturated heterocycles. The van der Waals surface area contributed by atoms with Gasteiger partial charge in [-0.3, -0.25) is 10.3 Å². The molecule has 0 radical (unpaired) electrons. The first kappa shape index (κ1) is 12.3. The average Bonchev–Trinajstić information content (AvgIpc) is 2.14. The Labute approximate surface area is 103 Å². The van der Waals surface area contributed by atoms with Gasteiger partial charge in [-0.05, 0) is 17.7 Å². The van der Waals surface area contributed by atoms with Gasteiger partial charge in [0.1, 0.15) is 5.50 Å². The Morgan fingerprint density at radius 1 is 1.29 bits per heavy atom. The maximum absolute atomic E-state index is 5.78. The van der Waals surface area contributed by atoms with Gasteiger partial charge in [0.15, 0.2) is 0 Å². The van der Waals surface area contributed by atoms with Crippen LogP contribution < -0.4 is 5.32 Å². The van der Waals surface area contributed by atoms with E-state index in [0.29, 0.717) is 6.54 Å². The highest BCUT2D eigenvalue weighted by Crippen LogP contribution is 2.32. The molecule has 0 aliphatic carbocycles. The van der Waals surface area contributed by atoms with Crippen molar-refractivity contribution in [3.8, 4) is 0 Å². The molecule has 1 N–H and O–H groups in total. The largest absolute Gasteiger partial charge is 0.294 e. The number of pyridine rings is 1. The Balaban J connectivity index is 2.42. The van der Waals surface area contributed by atoms with Crippen molar-refractivity contribution in [2.45, 2.75) is 15.8 Å². The van der Waals surface area contributed by atoms with Gasteiger partial charge in [0.25, 0.3) is 0 Å². The van der Waals surface area contributed by atoms with Crippen LogP contribution in [-0.2, 0) is 6.54 Å². The second kappa shape index (κ2) is 5.38. The zero-order valence-corrected chi connectivity index (χ0v) is 10.1. The molecule has 1 aromatic rings. The number of alkyl halides is 4. The molecule has 0 aromatic carbocycles. The van der Waals surface area contributed by atoms with Gasteiger partial charge < -0.3 is 0 Å². The van der Waals surface area contributed by atoms with Crippen molar-refractivity contribution in [2.75, 3.05) is 0 Å². The van der Waals surface area contributed by atoms with Gasteiger partial charge >= 0.3 is 0 Å². The topological polar surface area (TPSA) is 24.9 Å². The molecular formula is C8H8Cl4N2. The Bertz CT molecular complexity index is 272. The molecule has 1 aromatic heterocycles. The molecule has 0 spiro atoms. The lowest BCUT2D eigenvalue weighted by atomic mass is 10.3. The van der Waals surface area contributed by atoms with Crippen LogP contribution >= 0.6 is 46.4 Å². The third kappa shape index (κ3) is 4.20. The van der Waals surface area contributed by atoms with Gasteiger partial charge in [-0.2, -0.15) is 0 Å². The van der Waals surface area contributed by atoms with Crippen LogP contribution in [0.1, 0.15) is 5.56 Å². The van der Waals surface area contributed by atoms with Crippen molar-refractivity contribution in [1.82, 2.24) is 10.3 Å². The molecule has 14 heavy (non-hydrogen) atoms. The van der Waals surface area contributed by atoms with E-state index < -0.39 is 9.29 Å². The van der Waals surface area contributed by atoms with E-state index in [1.54, 1.807) is 12.4 Å². The molecule has 0 aliphatic rings. The predicted octanol–water partition coefficient (Wildman–Crippen LogP) is 3.11. The second-order valence-corrected chi connectivity index (χ2v) is 5.45. The number of halogens is 4. The normalized spacial score (nSPS) is 14.0. The van der Waals surface area contributed by atoms with Gasteiger partial charge in [0, 0.05) is 18.9 Å². The predicted molar refractivity (Wildman–Crippen MR) is 61.0 cm³/mol. The van der Waals surface area contributed by atoms with Crippen LogP contribution in [0.15, 0.2) is 24.5 Å². The zero-order valence-electron chi connectivity index (χ0n) is 7.05. The van der Waals surface area contributed by atoms with E-state index in [-0.39, 0.29) is 0 Å². The van der Waals surface area contributed by atoms with Crippen molar-refractivity contribution < 1.29 is 0 Å². The Morgan fingerprint density at radius 3 is 2.36 bits per heavy atom. The van der Waals surface area contributed by atoms with Crippen LogP contribution in [0.25, 0.3) is 0 Å². The summed E-state index contributed by atoms with van der Waals surface area (Å²) in [6.07, 6.45) is 3.38. The van der Waals surface area contributed by atoms with Crippen molar-refractivity contribution in [3.05, 3.63) is 30.1 Å². The standard InChI is InChI=1S/C8H8Cl4N2/c9-7(8(10,11)12)14-5-6-1-3-13-4-2-6/h1-4,7,14H,5H2. The summed E-state index contributed by atoms with van der Waals surface area (Å²) >= 11 is 22.5. The highest BCUT2D eigenvalue weighted by Gasteiger charge is 2.30. The molecule has 1 heterocycles. The van der Waals surface area contributed by atoms with Gasteiger partial charge in [0.2, 0.25) is 3.79 Å². The summed E-state index contributed by atoms with van der Waals surface area (Å²) in [4.78, 5) is 3.88.